The SMILES string of the molecule is CC(=O)NCCCNCc1csc(COc2ccc(Cl)cc2)n1. The summed E-state index contributed by atoms with van der Waals surface area (Å²) in [5, 5.41) is 9.73. The zero-order valence-electron chi connectivity index (χ0n) is 13.0. The van der Waals surface area contributed by atoms with Crippen LogP contribution < -0.4 is 15.4 Å². The van der Waals surface area contributed by atoms with Crippen LogP contribution in [0.25, 0.3) is 0 Å². The van der Waals surface area contributed by atoms with Crippen LogP contribution in [-0.4, -0.2) is 24.0 Å². The zero-order valence-corrected chi connectivity index (χ0v) is 14.5. The van der Waals surface area contributed by atoms with Gasteiger partial charge in [0, 0.05) is 30.4 Å². The quantitative estimate of drug-likeness (QED) is 0.680. The van der Waals surface area contributed by atoms with Crippen molar-refractivity contribution in [3.05, 3.63) is 45.4 Å². The average molecular weight is 354 g/mol. The fraction of sp³-hybridized carbons (Fsp3) is 0.375. The van der Waals surface area contributed by atoms with Crippen LogP contribution in [0.5, 0.6) is 5.75 Å². The second kappa shape index (κ2) is 9.50. The van der Waals surface area contributed by atoms with E-state index in [4.69, 9.17) is 16.3 Å². The molecule has 5 nitrogen and oxygen atoms in total. The van der Waals surface area contributed by atoms with E-state index >= 15 is 0 Å². The van der Waals surface area contributed by atoms with Crippen LogP contribution in [0, 0.1) is 0 Å². The van der Waals surface area contributed by atoms with E-state index in [1.807, 2.05) is 17.5 Å². The van der Waals surface area contributed by atoms with Crippen LogP contribution in [0.15, 0.2) is 29.6 Å². The van der Waals surface area contributed by atoms with E-state index in [0.29, 0.717) is 18.2 Å². The maximum absolute atomic E-state index is 10.7. The molecule has 0 fully saturated rings. The molecule has 23 heavy (non-hydrogen) atoms. The van der Waals surface area contributed by atoms with Crippen molar-refractivity contribution in [2.24, 2.45) is 0 Å². The maximum atomic E-state index is 10.7. The Morgan fingerprint density at radius 1 is 1.30 bits per heavy atom. The van der Waals surface area contributed by atoms with E-state index in [2.05, 4.69) is 15.6 Å². The summed E-state index contributed by atoms with van der Waals surface area (Å²) in [5.74, 6) is 0.789. The summed E-state index contributed by atoms with van der Waals surface area (Å²) in [5.41, 5.74) is 1.00. The summed E-state index contributed by atoms with van der Waals surface area (Å²) in [7, 11) is 0. The van der Waals surface area contributed by atoms with Crippen molar-refractivity contribution in [2.45, 2.75) is 26.5 Å². The van der Waals surface area contributed by atoms with Gasteiger partial charge in [0.2, 0.25) is 5.91 Å². The second-order valence-corrected chi connectivity index (χ2v) is 6.37. The van der Waals surface area contributed by atoms with E-state index in [1.54, 1.807) is 23.5 Å². The van der Waals surface area contributed by atoms with Crippen molar-refractivity contribution >= 4 is 28.8 Å². The molecule has 0 spiro atoms. The Balaban J connectivity index is 1.65. The van der Waals surface area contributed by atoms with Crippen LogP contribution >= 0.6 is 22.9 Å². The molecular weight excluding hydrogens is 334 g/mol. The Labute approximate surface area is 145 Å². The van der Waals surface area contributed by atoms with Crippen molar-refractivity contribution in [2.75, 3.05) is 13.1 Å². The number of aromatic nitrogens is 1. The zero-order chi connectivity index (χ0) is 16.5. The molecule has 1 heterocycles. The molecule has 0 atom stereocenters. The standard InChI is InChI=1S/C16H20ClN3O2S/c1-12(21)19-8-2-7-18-9-14-11-23-16(20-14)10-22-15-5-3-13(17)4-6-15/h3-6,11,18H,2,7-10H2,1H3,(H,19,21). The van der Waals surface area contributed by atoms with Crippen molar-refractivity contribution in [1.82, 2.24) is 15.6 Å². The number of carbonyl (C=O) groups excluding carboxylic acids is 1. The first-order valence-electron chi connectivity index (χ1n) is 7.40. The largest absolute Gasteiger partial charge is 0.486 e. The van der Waals surface area contributed by atoms with Crippen molar-refractivity contribution in [3.63, 3.8) is 0 Å². The molecule has 1 aromatic carbocycles. The number of nitrogens with one attached hydrogen (secondary N) is 2. The molecule has 0 aliphatic carbocycles. The maximum Gasteiger partial charge on any atom is 0.216 e. The van der Waals surface area contributed by atoms with Crippen LogP contribution in [-0.2, 0) is 17.9 Å². The van der Waals surface area contributed by atoms with Crippen molar-refractivity contribution < 1.29 is 9.53 Å². The highest BCUT2D eigenvalue weighted by Gasteiger charge is 2.03. The fourth-order valence-electron chi connectivity index (χ4n) is 1.87. The summed E-state index contributed by atoms with van der Waals surface area (Å²) < 4.78 is 5.67. The first kappa shape index (κ1) is 17.7. The number of hydrogen-bond acceptors (Lipinski definition) is 5. The highest BCUT2D eigenvalue weighted by Crippen LogP contribution is 2.18. The van der Waals surface area contributed by atoms with E-state index in [0.717, 1.165) is 36.0 Å². The lowest BCUT2D eigenvalue weighted by atomic mass is 10.3. The van der Waals surface area contributed by atoms with Gasteiger partial charge in [0.25, 0.3) is 0 Å². The molecular formula is C16H20ClN3O2S. The molecule has 2 rings (SSSR count). The Bertz CT molecular complexity index is 616. The molecule has 0 aliphatic heterocycles. The molecule has 7 heteroatoms. The van der Waals surface area contributed by atoms with E-state index in [1.165, 1.54) is 6.92 Å². The van der Waals surface area contributed by atoms with Gasteiger partial charge in [-0.15, -0.1) is 11.3 Å². The molecule has 0 saturated carbocycles. The molecule has 2 aromatic rings. The third-order valence-electron chi connectivity index (χ3n) is 2.99. The van der Waals surface area contributed by atoms with Gasteiger partial charge in [-0.25, -0.2) is 4.98 Å². The fourth-order valence-corrected chi connectivity index (χ4v) is 2.70. The smallest absolute Gasteiger partial charge is 0.216 e. The number of benzene rings is 1. The van der Waals surface area contributed by atoms with Crippen LogP contribution in [0.2, 0.25) is 5.02 Å². The van der Waals surface area contributed by atoms with Gasteiger partial charge in [0.05, 0.1) is 5.69 Å². The van der Waals surface area contributed by atoms with Gasteiger partial charge in [-0.05, 0) is 37.2 Å². The lowest BCUT2D eigenvalue weighted by Gasteiger charge is -2.04. The highest BCUT2D eigenvalue weighted by atomic mass is 35.5. The summed E-state index contributed by atoms with van der Waals surface area (Å²) >= 11 is 7.42. The molecule has 2 N–H and O–H groups in total. The Morgan fingerprint density at radius 2 is 2.09 bits per heavy atom. The van der Waals surface area contributed by atoms with Gasteiger partial charge in [0.1, 0.15) is 17.4 Å². The number of amides is 1. The average Bonchev–Trinajstić information content (AvgIpc) is 2.98. The number of carbonyl (C=O) groups is 1. The molecule has 0 bridgehead atoms. The van der Waals surface area contributed by atoms with E-state index in [-0.39, 0.29) is 5.91 Å². The number of nitrogens with zero attached hydrogens (tertiary/aromatic N) is 1. The van der Waals surface area contributed by atoms with E-state index in [9.17, 15) is 4.79 Å². The summed E-state index contributed by atoms with van der Waals surface area (Å²) in [4.78, 5) is 15.2. The summed E-state index contributed by atoms with van der Waals surface area (Å²) in [6.07, 6.45) is 0.899. The number of ether oxygens (including phenoxy) is 1. The Hall–Kier alpha value is -1.63. The number of rotatable bonds is 9. The lowest BCUT2D eigenvalue weighted by molar-refractivity contribution is -0.118. The van der Waals surface area contributed by atoms with Gasteiger partial charge in [-0.3, -0.25) is 4.79 Å². The van der Waals surface area contributed by atoms with Crippen LogP contribution in [0.3, 0.4) is 0 Å². The van der Waals surface area contributed by atoms with Crippen molar-refractivity contribution in [3.8, 4) is 5.75 Å². The third kappa shape index (κ3) is 6.99. The Morgan fingerprint density at radius 3 is 2.83 bits per heavy atom. The first-order valence-corrected chi connectivity index (χ1v) is 8.66. The predicted molar refractivity (Wildman–Crippen MR) is 92.9 cm³/mol. The molecule has 1 aromatic heterocycles. The minimum absolute atomic E-state index is 0.00910. The normalized spacial score (nSPS) is 10.5. The molecule has 0 saturated heterocycles. The van der Waals surface area contributed by atoms with Gasteiger partial charge < -0.3 is 15.4 Å². The molecule has 0 aliphatic rings. The minimum atomic E-state index is 0.00910. The lowest BCUT2D eigenvalue weighted by Crippen LogP contribution is -2.25. The van der Waals surface area contributed by atoms with Crippen LogP contribution in [0.1, 0.15) is 24.0 Å². The monoisotopic (exact) mass is 353 g/mol. The van der Waals surface area contributed by atoms with Crippen molar-refractivity contribution in [1.29, 1.82) is 0 Å². The minimum Gasteiger partial charge on any atom is -0.486 e. The predicted octanol–water partition coefficient (Wildman–Crippen LogP) is 2.99. The molecule has 1 amide bonds. The van der Waals surface area contributed by atoms with Gasteiger partial charge in [0.15, 0.2) is 0 Å². The van der Waals surface area contributed by atoms with E-state index < -0.39 is 0 Å². The summed E-state index contributed by atoms with van der Waals surface area (Å²) in [6.45, 7) is 4.23. The molecule has 0 radical (unpaired) electrons. The topological polar surface area (TPSA) is 63.2 Å². The number of thiazole rings is 1. The first-order chi connectivity index (χ1) is 11.1. The Kier molecular flexibility index (Phi) is 7.32. The van der Waals surface area contributed by atoms with Gasteiger partial charge in [-0.2, -0.15) is 0 Å². The summed E-state index contributed by atoms with van der Waals surface area (Å²) in [6, 6.07) is 7.28. The van der Waals surface area contributed by atoms with Gasteiger partial charge >= 0.3 is 0 Å². The molecule has 0 unspecified atom stereocenters. The third-order valence-corrected chi connectivity index (χ3v) is 4.11. The van der Waals surface area contributed by atoms with Crippen LogP contribution in [0.4, 0.5) is 0 Å². The second-order valence-electron chi connectivity index (χ2n) is 4.99. The number of hydrogen-bond donors (Lipinski definition) is 2. The molecule has 124 valence electrons. The van der Waals surface area contributed by atoms with Gasteiger partial charge in [-0.1, -0.05) is 11.6 Å². The number of halogens is 1. The highest BCUT2D eigenvalue weighted by molar-refractivity contribution is 7.09.